The Morgan fingerprint density at radius 1 is 1.14 bits per heavy atom. The molecule has 0 spiro atoms. The van der Waals surface area contributed by atoms with E-state index in [-0.39, 0.29) is 6.10 Å². The van der Waals surface area contributed by atoms with E-state index >= 15 is 0 Å². The number of aliphatic carboxylic acids is 1. The van der Waals surface area contributed by atoms with Gasteiger partial charge in [-0.05, 0) is 100 Å². The minimum Gasteiger partial charge on any atom is -0.478 e. The molecule has 0 amide bonds. The van der Waals surface area contributed by atoms with Crippen LogP contribution in [0, 0.1) is 13.8 Å². The number of hydrogen-bond donors (Lipinski definition) is 1. The van der Waals surface area contributed by atoms with Crippen LogP contribution in [0.1, 0.15) is 55.5 Å². The van der Waals surface area contributed by atoms with E-state index in [0.29, 0.717) is 12.4 Å². The zero-order valence-corrected chi connectivity index (χ0v) is 19.1. The van der Waals surface area contributed by atoms with Crippen LogP contribution in [0.5, 0.6) is 5.75 Å². The lowest BCUT2D eigenvalue weighted by atomic mass is 9.97. The maximum absolute atomic E-state index is 11.4. The number of hydrogen-bond acceptors (Lipinski definition) is 4. The summed E-state index contributed by atoms with van der Waals surface area (Å²) in [5.74, 6) is -0.357. The maximum atomic E-state index is 11.4. The Kier molecular flexibility index (Phi) is 8.17. The largest absolute Gasteiger partial charge is 0.478 e. The van der Waals surface area contributed by atoms with Crippen molar-refractivity contribution in [2.24, 2.45) is 0 Å². The molecule has 0 aromatic heterocycles. The highest BCUT2D eigenvalue weighted by molar-refractivity contribution is 7.98. The number of carbonyl (C=O) groups is 1. The second-order valence-electron chi connectivity index (χ2n) is 7.73. The summed E-state index contributed by atoms with van der Waals surface area (Å²) in [6.45, 7) is 9.67. The average Bonchev–Trinajstić information content (AvgIpc) is 2.68. The zero-order chi connectivity index (χ0) is 21.6. The van der Waals surface area contributed by atoms with Crippen molar-refractivity contribution in [3.05, 3.63) is 58.7 Å². The molecule has 0 saturated heterocycles. The van der Waals surface area contributed by atoms with E-state index in [4.69, 9.17) is 9.47 Å². The standard InChI is InChI=1S/C24H32O4S/c1-7-27-21(13-10-18-8-11-20(29-6)12-9-18)19-14-16(2)22(17(3)15-19)28-24(4,5)23(25)26/h8-9,11-12,14-15,21H,7,10,13H2,1-6H3,(H,25,26). The second-order valence-corrected chi connectivity index (χ2v) is 8.61. The third-order valence-corrected chi connectivity index (χ3v) is 5.69. The normalized spacial score (nSPS) is 12.6. The molecule has 0 bridgehead atoms. The molecule has 0 aliphatic rings. The molecule has 0 aliphatic carbocycles. The van der Waals surface area contributed by atoms with Crippen LogP contribution in [0.2, 0.25) is 0 Å². The van der Waals surface area contributed by atoms with Gasteiger partial charge in [-0.3, -0.25) is 0 Å². The Morgan fingerprint density at radius 2 is 1.72 bits per heavy atom. The Hall–Kier alpha value is -1.98. The molecule has 0 aliphatic heterocycles. The second kappa shape index (κ2) is 10.2. The fourth-order valence-corrected chi connectivity index (χ4v) is 3.68. The minimum atomic E-state index is -1.28. The maximum Gasteiger partial charge on any atom is 0.347 e. The lowest BCUT2D eigenvalue weighted by Crippen LogP contribution is -2.38. The van der Waals surface area contributed by atoms with Crippen molar-refractivity contribution in [3.8, 4) is 5.75 Å². The summed E-state index contributed by atoms with van der Waals surface area (Å²) in [7, 11) is 0. The number of ether oxygens (including phenoxy) is 2. The lowest BCUT2D eigenvalue weighted by molar-refractivity contribution is -0.152. The number of carboxylic acids is 1. The molecule has 1 atom stereocenters. The predicted molar refractivity (Wildman–Crippen MR) is 119 cm³/mol. The number of carboxylic acid groups (broad SMARTS) is 1. The van der Waals surface area contributed by atoms with E-state index in [1.54, 1.807) is 25.6 Å². The third kappa shape index (κ3) is 6.25. The van der Waals surface area contributed by atoms with E-state index in [9.17, 15) is 9.90 Å². The first-order valence-electron chi connectivity index (χ1n) is 9.96. The number of benzene rings is 2. The molecular weight excluding hydrogens is 384 g/mol. The van der Waals surface area contributed by atoms with Gasteiger partial charge in [-0.2, -0.15) is 0 Å². The highest BCUT2D eigenvalue weighted by atomic mass is 32.2. The van der Waals surface area contributed by atoms with E-state index in [1.165, 1.54) is 10.5 Å². The molecule has 0 fully saturated rings. The van der Waals surface area contributed by atoms with Gasteiger partial charge in [0, 0.05) is 11.5 Å². The monoisotopic (exact) mass is 416 g/mol. The van der Waals surface area contributed by atoms with Crippen LogP contribution < -0.4 is 4.74 Å². The Morgan fingerprint density at radius 3 is 2.21 bits per heavy atom. The Labute approximate surface area is 178 Å². The van der Waals surface area contributed by atoms with Gasteiger partial charge in [-0.1, -0.05) is 12.1 Å². The first-order chi connectivity index (χ1) is 13.7. The third-order valence-electron chi connectivity index (χ3n) is 4.95. The molecule has 0 heterocycles. The summed E-state index contributed by atoms with van der Waals surface area (Å²) in [5.41, 5.74) is 2.96. The van der Waals surface area contributed by atoms with Crippen molar-refractivity contribution >= 4 is 17.7 Å². The van der Waals surface area contributed by atoms with Crippen LogP contribution >= 0.6 is 11.8 Å². The molecule has 4 nitrogen and oxygen atoms in total. The van der Waals surface area contributed by atoms with E-state index in [1.807, 2.05) is 20.8 Å². The predicted octanol–water partition coefficient (Wildman–Crippen LogP) is 5.98. The smallest absolute Gasteiger partial charge is 0.347 e. The molecule has 2 aromatic carbocycles. The van der Waals surface area contributed by atoms with Crippen LogP contribution in [0.4, 0.5) is 0 Å². The average molecular weight is 417 g/mol. The summed E-state index contributed by atoms with van der Waals surface area (Å²) in [6, 6.07) is 12.8. The first-order valence-corrected chi connectivity index (χ1v) is 11.2. The number of thioether (sulfide) groups is 1. The van der Waals surface area contributed by atoms with E-state index < -0.39 is 11.6 Å². The Bertz CT molecular complexity index is 804. The number of aryl methyl sites for hydroxylation is 3. The van der Waals surface area contributed by atoms with Crippen molar-refractivity contribution < 1.29 is 19.4 Å². The van der Waals surface area contributed by atoms with E-state index in [0.717, 1.165) is 29.5 Å². The molecule has 0 saturated carbocycles. The molecule has 1 unspecified atom stereocenters. The van der Waals surface area contributed by atoms with Crippen LogP contribution in [0.25, 0.3) is 0 Å². The van der Waals surface area contributed by atoms with Crippen molar-refractivity contribution in [3.63, 3.8) is 0 Å². The van der Waals surface area contributed by atoms with Crippen molar-refractivity contribution in [1.82, 2.24) is 0 Å². The first kappa shape index (κ1) is 23.3. The molecule has 2 aromatic rings. The van der Waals surface area contributed by atoms with Gasteiger partial charge in [0.2, 0.25) is 0 Å². The van der Waals surface area contributed by atoms with Gasteiger partial charge in [0.1, 0.15) is 5.75 Å². The molecular formula is C24H32O4S. The van der Waals surface area contributed by atoms with Gasteiger partial charge in [0.05, 0.1) is 6.10 Å². The van der Waals surface area contributed by atoms with Gasteiger partial charge in [0.15, 0.2) is 5.60 Å². The lowest BCUT2D eigenvalue weighted by Gasteiger charge is -2.26. The molecule has 29 heavy (non-hydrogen) atoms. The Balaban J connectivity index is 2.20. The van der Waals surface area contributed by atoms with Crippen LogP contribution in [0.3, 0.4) is 0 Å². The van der Waals surface area contributed by atoms with Crippen LogP contribution in [-0.2, 0) is 16.0 Å². The minimum absolute atomic E-state index is 0.0147. The van der Waals surface area contributed by atoms with Crippen molar-refractivity contribution in [1.29, 1.82) is 0 Å². The molecule has 2 rings (SSSR count). The fraction of sp³-hybridized carbons (Fsp3) is 0.458. The van der Waals surface area contributed by atoms with Crippen molar-refractivity contribution in [2.45, 2.75) is 64.1 Å². The molecule has 5 heteroatoms. The molecule has 0 radical (unpaired) electrons. The molecule has 158 valence electrons. The SMILES string of the molecule is CCOC(CCc1ccc(SC)cc1)c1cc(C)c(OC(C)(C)C(=O)O)c(C)c1. The highest BCUT2D eigenvalue weighted by Gasteiger charge is 2.30. The highest BCUT2D eigenvalue weighted by Crippen LogP contribution is 2.33. The quantitative estimate of drug-likeness (QED) is 0.483. The van der Waals surface area contributed by atoms with Gasteiger partial charge >= 0.3 is 5.97 Å². The summed E-state index contributed by atoms with van der Waals surface area (Å²) < 4.78 is 11.9. The van der Waals surface area contributed by atoms with Crippen LogP contribution in [0.15, 0.2) is 41.3 Å². The van der Waals surface area contributed by atoms with Gasteiger partial charge in [-0.15, -0.1) is 11.8 Å². The van der Waals surface area contributed by atoms with Crippen LogP contribution in [-0.4, -0.2) is 29.5 Å². The van der Waals surface area contributed by atoms with Gasteiger partial charge in [-0.25, -0.2) is 4.79 Å². The zero-order valence-electron chi connectivity index (χ0n) is 18.2. The van der Waals surface area contributed by atoms with Gasteiger partial charge in [0.25, 0.3) is 0 Å². The van der Waals surface area contributed by atoms with E-state index in [2.05, 4.69) is 42.7 Å². The summed E-state index contributed by atoms with van der Waals surface area (Å²) in [6.07, 6.45) is 3.88. The molecule has 1 N–H and O–H groups in total. The summed E-state index contributed by atoms with van der Waals surface area (Å²) >= 11 is 1.74. The van der Waals surface area contributed by atoms with Crippen molar-refractivity contribution in [2.75, 3.05) is 12.9 Å². The number of rotatable bonds is 10. The fourth-order valence-electron chi connectivity index (χ4n) is 3.27. The topological polar surface area (TPSA) is 55.8 Å². The van der Waals surface area contributed by atoms with Gasteiger partial charge < -0.3 is 14.6 Å². The summed E-state index contributed by atoms with van der Waals surface area (Å²) in [4.78, 5) is 12.7. The summed E-state index contributed by atoms with van der Waals surface area (Å²) in [5, 5.41) is 9.36.